The van der Waals surface area contributed by atoms with Gasteiger partial charge in [-0.15, -0.1) is 0 Å². The largest absolute Gasteiger partial charge is 0.493 e. The number of ether oxygens (including phenoxy) is 2. The van der Waals surface area contributed by atoms with Crippen LogP contribution in [0.15, 0.2) is 18.2 Å². The van der Waals surface area contributed by atoms with E-state index < -0.39 is 11.9 Å². The van der Waals surface area contributed by atoms with Crippen LogP contribution in [-0.2, 0) is 32.0 Å². The minimum absolute atomic E-state index is 0.0128. The van der Waals surface area contributed by atoms with Crippen molar-refractivity contribution in [3.63, 3.8) is 0 Å². The molecule has 1 aromatic carbocycles. The van der Waals surface area contributed by atoms with Gasteiger partial charge in [-0.05, 0) is 49.3 Å². The zero-order valence-electron chi connectivity index (χ0n) is 15.0. The van der Waals surface area contributed by atoms with E-state index in [1.54, 1.807) is 6.07 Å². The molecule has 0 heterocycles. The van der Waals surface area contributed by atoms with Crippen LogP contribution in [-0.4, -0.2) is 41.3 Å². The van der Waals surface area contributed by atoms with Crippen LogP contribution in [0.3, 0.4) is 0 Å². The fourth-order valence-corrected chi connectivity index (χ4v) is 2.40. The number of carbonyl (C=O) groups is 3. The fourth-order valence-electron chi connectivity index (χ4n) is 2.40. The topological polar surface area (TPSA) is 110 Å². The third-order valence-electron chi connectivity index (χ3n) is 3.71. The van der Waals surface area contributed by atoms with Crippen molar-refractivity contribution in [2.75, 3.05) is 13.2 Å². The Morgan fingerprint density at radius 2 is 1.58 bits per heavy atom. The number of carboxylic acid groups (broad SMARTS) is 2. The quantitative estimate of drug-likeness (QED) is 0.408. The van der Waals surface area contributed by atoms with Gasteiger partial charge in [-0.1, -0.05) is 12.1 Å². The van der Waals surface area contributed by atoms with Crippen LogP contribution in [0.2, 0.25) is 0 Å². The number of benzene rings is 1. The van der Waals surface area contributed by atoms with Crippen molar-refractivity contribution in [1.82, 2.24) is 0 Å². The number of aryl methyl sites for hydroxylation is 2. The Kier molecular flexibility index (Phi) is 9.82. The van der Waals surface area contributed by atoms with E-state index in [-0.39, 0.29) is 18.8 Å². The van der Waals surface area contributed by atoms with Crippen LogP contribution >= 0.6 is 0 Å². The predicted octanol–water partition coefficient (Wildman–Crippen LogP) is 2.83. The van der Waals surface area contributed by atoms with Crippen molar-refractivity contribution < 1.29 is 34.1 Å². The highest BCUT2D eigenvalue weighted by Crippen LogP contribution is 2.23. The first-order chi connectivity index (χ1) is 12.4. The van der Waals surface area contributed by atoms with Gasteiger partial charge in [0.1, 0.15) is 5.75 Å². The lowest BCUT2D eigenvalue weighted by atomic mass is 10.0. The average molecular weight is 366 g/mol. The Hall–Kier alpha value is -2.57. The fraction of sp³-hybridized carbons (Fsp3) is 0.526. The summed E-state index contributed by atoms with van der Waals surface area (Å²) in [4.78, 5) is 32.2. The Morgan fingerprint density at radius 1 is 0.923 bits per heavy atom. The second kappa shape index (κ2) is 11.9. The summed E-state index contributed by atoms with van der Waals surface area (Å²) in [6, 6.07) is 5.40. The third kappa shape index (κ3) is 9.66. The molecule has 0 saturated heterocycles. The van der Waals surface area contributed by atoms with Gasteiger partial charge in [0, 0.05) is 19.8 Å². The minimum Gasteiger partial charge on any atom is -0.493 e. The van der Waals surface area contributed by atoms with Crippen molar-refractivity contribution in [2.24, 2.45) is 0 Å². The molecule has 0 aliphatic carbocycles. The summed E-state index contributed by atoms with van der Waals surface area (Å²) in [5, 5.41) is 17.7. The number of hydrogen-bond donors (Lipinski definition) is 2. The molecule has 0 radical (unpaired) electrons. The number of esters is 1. The van der Waals surface area contributed by atoms with E-state index in [9.17, 15) is 14.4 Å². The summed E-state index contributed by atoms with van der Waals surface area (Å²) >= 11 is 0. The highest BCUT2D eigenvalue weighted by atomic mass is 16.5. The van der Waals surface area contributed by atoms with Gasteiger partial charge in [0.15, 0.2) is 0 Å². The molecule has 1 rings (SSSR count). The van der Waals surface area contributed by atoms with Crippen molar-refractivity contribution in [1.29, 1.82) is 0 Å². The summed E-state index contributed by atoms with van der Waals surface area (Å²) in [7, 11) is 0. The van der Waals surface area contributed by atoms with Gasteiger partial charge in [0.25, 0.3) is 0 Å². The summed E-state index contributed by atoms with van der Waals surface area (Å²) < 4.78 is 10.6. The zero-order chi connectivity index (χ0) is 19.4. The van der Waals surface area contributed by atoms with Crippen molar-refractivity contribution >= 4 is 17.9 Å². The number of carbonyl (C=O) groups excluding carboxylic acids is 1. The maximum Gasteiger partial charge on any atom is 0.303 e. The van der Waals surface area contributed by atoms with Crippen LogP contribution in [0, 0.1) is 0 Å². The first-order valence-electron chi connectivity index (χ1n) is 8.70. The number of carboxylic acids is 2. The molecule has 26 heavy (non-hydrogen) atoms. The van der Waals surface area contributed by atoms with Gasteiger partial charge >= 0.3 is 17.9 Å². The molecule has 7 heteroatoms. The SMILES string of the molecule is CC(=O)OCCCCCOc1ccc(CCC(=O)O)cc1CCC(=O)O. The lowest BCUT2D eigenvalue weighted by Gasteiger charge is -2.13. The van der Waals surface area contributed by atoms with Gasteiger partial charge < -0.3 is 19.7 Å². The summed E-state index contributed by atoms with van der Waals surface area (Å²) in [5.74, 6) is -1.42. The molecule has 144 valence electrons. The number of rotatable bonds is 13. The van der Waals surface area contributed by atoms with Crippen LogP contribution in [0.4, 0.5) is 0 Å². The lowest BCUT2D eigenvalue weighted by Crippen LogP contribution is -2.05. The molecule has 0 amide bonds. The standard InChI is InChI=1S/C19H26O7/c1-14(20)25-11-3-2-4-12-26-17-8-5-15(6-9-18(21)22)13-16(17)7-10-19(23)24/h5,8,13H,2-4,6-7,9-12H2,1H3,(H,21,22)(H,23,24). The van der Waals surface area contributed by atoms with E-state index in [0.29, 0.717) is 31.8 Å². The molecule has 7 nitrogen and oxygen atoms in total. The molecular formula is C19H26O7. The Balaban J connectivity index is 2.53. The zero-order valence-corrected chi connectivity index (χ0v) is 15.0. The molecular weight excluding hydrogens is 340 g/mol. The van der Waals surface area contributed by atoms with E-state index in [1.807, 2.05) is 12.1 Å². The van der Waals surface area contributed by atoms with Gasteiger partial charge in [0.05, 0.1) is 13.2 Å². The van der Waals surface area contributed by atoms with Crippen LogP contribution in [0.5, 0.6) is 5.75 Å². The summed E-state index contributed by atoms with van der Waals surface area (Å²) in [6.45, 7) is 2.26. The van der Waals surface area contributed by atoms with Gasteiger partial charge in [-0.25, -0.2) is 0 Å². The van der Waals surface area contributed by atoms with Gasteiger partial charge in [0.2, 0.25) is 0 Å². The molecule has 0 aromatic heterocycles. The van der Waals surface area contributed by atoms with E-state index in [1.165, 1.54) is 6.92 Å². The molecule has 0 saturated carbocycles. The normalized spacial score (nSPS) is 10.3. The Morgan fingerprint density at radius 3 is 2.23 bits per heavy atom. The molecule has 0 unspecified atom stereocenters. The maximum absolute atomic E-state index is 10.8. The van der Waals surface area contributed by atoms with E-state index in [0.717, 1.165) is 30.4 Å². The van der Waals surface area contributed by atoms with Gasteiger partial charge in [-0.2, -0.15) is 0 Å². The van der Waals surface area contributed by atoms with Crippen LogP contribution < -0.4 is 4.74 Å². The molecule has 0 atom stereocenters. The molecule has 2 N–H and O–H groups in total. The maximum atomic E-state index is 10.8. The third-order valence-corrected chi connectivity index (χ3v) is 3.71. The summed E-state index contributed by atoms with van der Waals surface area (Å²) in [6.07, 6.45) is 3.16. The highest BCUT2D eigenvalue weighted by Gasteiger charge is 2.09. The number of aliphatic carboxylic acids is 2. The first-order valence-corrected chi connectivity index (χ1v) is 8.70. The van der Waals surface area contributed by atoms with Crippen LogP contribution in [0.25, 0.3) is 0 Å². The Bertz CT molecular complexity index is 610. The molecule has 0 aliphatic rings. The van der Waals surface area contributed by atoms with Gasteiger partial charge in [-0.3, -0.25) is 14.4 Å². The smallest absolute Gasteiger partial charge is 0.303 e. The molecule has 1 aromatic rings. The van der Waals surface area contributed by atoms with Crippen molar-refractivity contribution in [3.05, 3.63) is 29.3 Å². The molecule has 0 aliphatic heterocycles. The lowest BCUT2D eigenvalue weighted by molar-refractivity contribution is -0.141. The molecule has 0 bridgehead atoms. The Labute approximate surface area is 152 Å². The van der Waals surface area contributed by atoms with E-state index in [4.69, 9.17) is 19.7 Å². The molecule has 0 spiro atoms. The molecule has 0 fully saturated rings. The second-order valence-electron chi connectivity index (χ2n) is 5.98. The van der Waals surface area contributed by atoms with E-state index >= 15 is 0 Å². The monoisotopic (exact) mass is 366 g/mol. The van der Waals surface area contributed by atoms with Crippen molar-refractivity contribution in [2.45, 2.75) is 51.9 Å². The average Bonchev–Trinajstić information content (AvgIpc) is 2.57. The summed E-state index contributed by atoms with van der Waals surface area (Å²) in [5.41, 5.74) is 1.62. The predicted molar refractivity (Wildman–Crippen MR) is 94.3 cm³/mol. The minimum atomic E-state index is -0.891. The number of hydrogen-bond acceptors (Lipinski definition) is 5. The van der Waals surface area contributed by atoms with Crippen molar-refractivity contribution in [3.8, 4) is 5.75 Å². The first kappa shape index (κ1) is 21.5. The second-order valence-corrected chi connectivity index (χ2v) is 5.98. The van der Waals surface area contributed by atoms with E-state index in [2.05, 4.69) is 0 Å². The number of unbranched alkanes of at least 4 members (excludes halogenated alkanes) is 2. The van der Waals surface area contributed by atoms with Crippen LogP contribution in [0.1, 0.15) is 50.2 Å². The highest BCUT2D eigenvalue weighted by molar-refractivity contribution is 5.68.